The Morgan fingerprint density at radius 2 is 1.88 bits per heavy atom. The number of benzene rings is 2. The van der Waals surface area contributed by atoms with Gasteiger partial charge in [0, 0.05) is 27.8 Å². The minimum absolute atomic E-state index is 0.0364. The molecule has 2 aromatic heterocycles. The summed E-state index contributed by atoms with van der Waals surface area (Å²) in [5, 5.41) is 1.09. The van der Waals surface area contributed by atoms with Crippen LogP contribution in [0, 0.1) is 0 Å². The number of H-pyrrole nitrogens is 1. The molecule has 0 radical (unpaired) electrons. The molecule has 2 aliphatic rings. The Morgan fingerprint density at radius 3 is 2.64 bits per heavy atom. The summed E-state index contributed by atoms with van der Waals surface area (Å²) in [7, 11) is 0. The number of nitrogens with zero attached hydrogens (tertiary/aromatic N) is 2. The molecule has 2 aliphatic heterocycles. The monoisotopic (exact) mass is 503 g/mol. The van der Waals surface area contributed by atoms with Crippen LogP contribution in [-0.2, 0) is 21.7 Å². The summed E-state index contributed by atoms with van der Waals surface area (Å²) >= 11 is 3.52. The van der Waals surface area contributed by atoms with E-state index in [1.807, 2.05) is 43.3 Å². The van der Waals surface area contributed by atoms with Gasteiger partial charge in [-0.1, -0.05) is 46.3 Å². The molecule has 2 atom stereocenters. The maximum absolute atomic E-state index is 13.9. The fourth-order valence-corrected chi connectivity index (χ4v) is 5.65. The Morgan fingerprint density at radius 1 is 1.09 bits per heavy atom. The average molecular weight is 504 g/mol. The number of hydrogen-bond donors (Lipinski definition) is 1. The Kier molecular flexibility index (Phi) is 4.52. The number of furan rings is 1. The molecular formula is C26H22BrN3O3. The van der Waals surface area contributed by atoms with Crippen LogP contribution < -0.4 is 0 Å². The smallest absolute Gasteiger partial charge is 0.255 e. The number of halogens is 1. The van der Waals surface area contributed by atoms with Crippen LogP contribution in [0.15, 0.2) is 75.8 Å². The van der Waals surface area contributed by atoms with Gasteiger partial charge in [-0.25, -0.2) is 0 Å². The number of aromatic amines is 1. The summed E-state index contributed by atoms with van der Waals surface area (Å²) in [4.78, 5) is 34.3. The molecule has 6 rings (SSSR count). The van der Waals surface area contributed by atoms with Crippen molar-refractivity contribution >= 4 is 38.6 Å². The van der Waals surface area contributed by atoms with Gasteiger partial charge in [-0.3, -0.25) is 9.59 Å². The Hall–Kier alpha value is -3.32. The van der Waals surface area contributed by atoms with Crippen molar-refractivity contribution in [2.45, 2.75) is 24.9 Å². The second-order valence-corrected chi connectivity index (χ2v) is 9.80. The standard InChI is InChI=1S/C26H22BrN3O3/c1-26-24-23(19-6-2-3-7-21(19)28-24)20(16-8-10-17(27)11-9-16)14-30(26)22(31)15-29(25(26)32)13-18-5-4-12-33-18/h2-12,20,28H,13-15H2,1H3/t20-,26-/m0/s1. The van der Waals surface area contributed by atoms with Crippen molar-refractivity contribution in [3.05, 3.63) is 94.0 Å². The van der Waals surface area contributed by atoms with Crippen molar-refractivity contribution in [3.8, 4) is 0 Å². The molecule has 7 heteroatoms. The van der Waals surface area contributed by atoms with Crippen LogP contribution in [0.3, 0.4) is 0 Å². The fraction of sp³-hybridized carbons (Fsp3) is 0.231. The molecule has 1 saturated heterocycles. The molecule has 1 N–H and O–H groups in total. The largest absolute Gasteiger partial charge is 0.467 e. The molecule has 0 bridgehead atoms. The lowest BCUT2D eigenvalue weighted by Crippen LogP contribution is -2.67. The summed E-state index contributed by atoms with van der Waals surface area (Å²) in [6.45, 7) is 2.63. The maximum Gasteiger partial charge on any atom is 0.255 e. The summed E-state index contributed by atoms with van der Waals surface area (Å²) in [5.74, 6) is 0.468. The molecule has 6 nitrogen and oxygen atoms in total. The zero-order chi connectivity index (χ0) is 22.7. The van der Waals surface area contributed by atoms with Gasteiger partial charge in [0.1, 0.15) is 12.3 Å². The predicted molar refractivity (Wildman–Crippen MR) is 127 cm³/mol. The highest BCUT2D eigenvalue weighted by Crippen LogP contribution is 2.48. The first-order valence-electron chi connectivity index (χ1n) is 11.0. The van der Waals surface area contributed by atoms with E-state index in [2.05, 4.69) is 39.1 Å². The summed E-state index contributed by atoms with van der Waals surface area (Å²) < 4.78 is 6.46. The Labute approximate surface area is 199 Å². The number of rotatable bonds is 3. The van der Waals surface area contributed by atoms with E-state index in [4.69, 9.17) is 4.42 Å². The number of fused-ring (bicyclic) bond motifs is 5. The Bertz CT molecular complexity index is 1380. The van der Waals surface area contributed by atoms with Crippen molar-refractivity contribution in [2.24, 2.45) is 0 Å². The van der Waals surface area contributed by atoms with Crippen molar-refractivity contribution in [1.82, 2.24) is 14.8 Å². The predicted octanol–water partition coefficient (Wildman–Crippen LogP) is 4.76. The number of piperazine rings is 1. The van der Waals surface area contributed by atoms with Gasteiger partial charge in [0.25, 0.3) is 5.91 Å². The first kappa shape index (κ1) is 20.3. The highest BCUT2D eigenvalue weighted by Gasteiger charge is 2.56. The molecule has 2 amide bonds. The lowest BCUT2D eigenvalue weighted by molar-refractivity contribution is -0.167. The third kappa shape index (κ3) is 2.99. The minimum atomic E-state index is -1.11. The van der Waals surface area contributed by atoms with Crippen LogP contribution in [0.4, 0.5) is 0 Å². The van der Waals surface area contributed by atoms with Crippen LogP contribution in [0.25, 0.3) is 10.9 Å². The zero-order valence-electron chi connectivity index (χ0n) is 18.0. The number of carbonyl (C=O) groups is 2. The van der Waals surface area contributed by atoms with Crippen molar-refractivity contribution < 1.29 is 14.0 Å². The number of carbonyl (C=O) groups excluding carboxylic acids is 2. The van der Waals surface area contributed by atoms with Crippen LogP contribution in [0.2, 0.25) is 0 Å². The van der Waals surface area contributed by atoms with Gasteiger partial charge < -0.3 is 19.2 Å². The lowest BCUT2D eigenvalue weighted by atomic mass is 9.76. The number of amides is 2. The van der Waals surface area contributed by atoms with E-state index < -0.39 is 5.54 Å². The van der Waals surface area contributed by atoms with E-state index in [1.165, 1.54) is 0 Å². The number of hydrogen-bond acceptors (Lipinski definition) is 3. The van der Waals surface area contributed by atoms with Crippen molar-refractivity contribution in [3.63, 3.8) is 0 Å². The molecule has 0 spiro atoms. The average Bonchev–Trinajstić information content (AvgIpc) is 3.47. The van der Waals surface area contributed by atoms with Gasteiger partial charge in [0.2, 0.25) is 5.91 Å². The van der Waals surface area contributed by atoms with Crippen LogP contribution >= 0.6 is 15.9 Å². The van der Waals surface area contributed by atoms with Gasteiger partial charge in [0.05, 0.1) is 18.5 Å². The number of para-hydroxylation sites is 1. The van der Waals surface area contributed by atoms with Crippen LogP contribution in [-0.4, -0.2) is 39.7 Å². The Balaban J connectivity index is 1.53. The molecule has 4 heterocycles. The third-order valence-electron chi connectivity index (χ3n) is 7.02. The van der Waals surface area contributed by atoms with E-state index in [1.54, 1.807) is 22.1 Å². The normalized spacial score (nSPS) is 22.5. The highest BCUT2D eigenvalue weighted by atomic mass is 79.9. The summed E-state index contributed by atoms with van der Waals surface area (Å²) in [6.07, 6.45) is 1.58. The first-order chi connectivity index (χ1) is 16.0. The quantitative estimate of drug-likeness (QED) is 0.438. The van der Waals surface area contributed by atoms with E-state index in [0.29, 0.717) is 12.3 Å². The molecule has 2 aromatic carbocycles. The van der Waals surface area contributed by atoms with Gasteiger partial charge in [-0.15, -0.1) is 0 Å². The van der Waals surface area contributed by atoms with Gasteiger partial charge in [0.15, 0.2) is 5.54 Å². The van der Waals surface area contributed by atoms with Crippen molar-refractivity contribution in [2.75, 3.05) is 13.1 Å². The second-order valence-electron chi connectivity index (χ2n) is 8.88. The molecule has 1 fully saturated rings. The third-order valence-corrected chi connectivity index (χ3v) is 7.55. The fourth-order valence-electron chi connectivity index (χ4n) is 5.39. The molecule has 4 aromatic rings. The molecular weight excluding hydrogens is 482 g/mol. The topological polar surface area (TPSA) is 69.6 Å². The zero-order valence-corrected chi connectivity index (χ0v) is 19.6. The van der Waals surface area contributed by atoms with Crippen molar-refractivity contribution in [1.29, 1.82) is 0 Å². The molecule has 0 aliphatic carbocycles. The number of aromatic nitrogens is 1. The highest BCUT2D eigenvalue weighted by molar-refractivity contribution is 9.10. The van der Waals surface area contributed by atoms with E-state index in [0.717, 1.165) is 32.2 Å². The summed E-state index contributed by atoms with van der Waals surface area (Å²) in [6, 6.07) is 19.9. The van der Waals surface area contributed by atoms with E-state index >= 15 is 0 Å². The van der Waals surface area contributed by atoms with E-state index in [9.17, 15) is 9.59 Å². The molecule has 0 saturated carbocycles. The second kappa shape index (κ2) is 7.35. The van der Waals surface area contributed by atoms with Gasteiger partial charge in [-0.05, 0) is 48.4 Å². The molecule has 0 unspecified atom stereocenters. The molecule has 166 valence electrons. The van der Waals surface area contributed by atoms with Crippen LogP contribution in [0.1, 0.15) is 35.4 Å². The van der Waals surface area contributed by atoms with Gasteiger partial charge >= 0.3 is 0 Å². The minimum Gasteiger partial charge on any atom is -0.467 e. The lowest BCUT2D eigenvalue weighted by Gasteiger charge is -2.51. The van der Waals surface area contributed by atoms with Gasteiger partial charge in [-0.2, -0.15) is 0 Å². The van der Waals surface area contributed by atoms with E-state index in [-0.39, 0.29) is 30.8 Å². The SMILES string of the molecule is C[C@]12C(=O)N(Cc3ccco3)CC(=O)N1C[C@@H](c1ccc(Br)cc1)c1c2[nH]c2ccccc12. The first-order valence-corrected chi connectivity index (χ1v) is 11.7. The molecule has 33 heavy (non-hydrogen) atoms. The van der Waals surface area contributed by atoms with Crippen LogP contribution in [0.5, 0.6) is 0 Å². The maximum atomic E-state index is 13.9. The number of nitrogens with one attached hydrogen (secondary N) is 1. The summed E-state index contributed by atoms with van der Waals surface area (Å²) in [5.41, 5.74) is 2.86.